The van der Waals surface area contributed by atoms with Crippen molar-refractivity contribution in [2.24, 2.45) is 4.99 Å². The van der Waals surface area contributed by atoms with Gasteiger partial charge in [-0.25, -0.2) is 4.99 Å². The van der Waals surface area contributed by atoms with Crippen molar-refractivity contribution in [3.05, 3.63) is 88.4 Å². The fraction of sp³-hybridized carbons (Fsp3) is 0.0476. The third-order valence-corrected chi connectivity index (χ3v) is 5.78. The molecule has 1 aliphatic rings. The second-order valence-electron chi connectivity index (χ2n) is 6.00. The number of amides is 1. The molecule has 0 fully saturated rings. The highest BCUT2D eigenvalue weighted by atomic mass is 35.5. The summed E-state index contributed by atoms with van der Waals surface area (Å²) in [6, 6.07) is 20.7. The largest absolute Gasteiger partial charge is 0.348 e. The first-order valence-corrected chi connectivity index (χ1v) is 9.85. The summed E-state index contributed by atoms with van der Waals surface area (Å²) in [6.07, 6.45) is 0. The molecule has 0 radical (unpaired) electrons. The molecule has 0 bridgehead atoms. The predicted molar refractivity (Wildman–Crippen MR) is 112 cm³/mol. The third kappa shape index (κ3) is 4.03. The molecule has 27 heavy (non-hydrogen) atoms. The second kappa shape index (κ2) is 7.77. The van der Waals surface area contributed by atoms with Gasteiger partial charge in [0.1, 0.15) is 5.17 Å². The van der Waals surface area contributed by atoms with E-state index in [0.717, 1.165) is 20.9 Å². The highest BCUT2D eigenvalue weighted by molar-refractivity contribution is 7.99. The van der Waals surface area contributed by atoms with Crippen LogP contribution in [0.1, 0.15) is 21.5 Å². The van der Waals surface area contributed by atoms with Gasteiger partial charge in [-0.1, -0.05) is 65.3 Å². The maximum absolute atomic E-state index is 12.5. The Hall–Kier alpha value is -2.27. The lowest BCUT2D eigenvalue weighted by Gasteiger charge is -2.08. The van der Waals surface area contributed by atoms with E-state index in [1.807, 2.05) is 48.5 Å². The van der Waals surface area contributed by atoms with Crippen molar-refractivity contribution in [1.82, 2.24) is 5.32 Å². The van der Waals surface area contributed by atoms with Crippen molar-refractivity contribution in [3.8, 4) is 0 Å². The van der Waals surface area contributed by atoms with Crippen LogP contribution < -0.4 is 5.32 Å². The van der Waals surface area contributed by atoms with Gasteiger partial charge in [-0.3, -0.25) is 4.79 Å². The van der Waals surface area contributed by atoms with E-state index in [1.54, 1.807) is 30.0 Å². The smallest absolute Gasteiger partial charge is 0.251 e. The van der Waals surface area contributed by atoms with Crippen LogP contribution >= 0.6 is 35.0 Å². The van der Waals surface area contributed by atoms with E-state index in [2.05, 4.69) is 10.3 Å². The standard InChI is InChI=1S/C21H14Cl2N2OS/c22-15-5-3-4-13(10-15)12-24-21(26)14-8-9-19-17(11-14)25-20(23)16-6-1-2-7-18(16)27-19/h1-11H,12H2,(H,24,26). The summed E-state index contributed by atoms with van der Waals surface area (Å²) in [5.74, 6) is -0.171. The molecule has 0 spiro atoms. The minimum atomic E-state index is -0.171. The Morgan fingerprint density at radius 2 is 1.81 bits per heavy atom. The van der Waals surface area contributed by atoms with Crippen molar-refractivity contribution in [2.45, 2.75) is 16.3 Å². The predicted octanol–water partition coefficient (Wildman–Crippen LogP) is 6.05. The van der Waals surface area contributed by atoms with Crippen LogP contribution in [0.3, 0.4) is 0 Å². The van der Waals surface area contributed by atoms with E-state index in [1.165, 1.54) is 0 Å². The Morgan fingerprint density at radius 3 is 2.67 bits per heavy atom. The molecule has 3 aromatic rings. The first kappa shape index (κ1) is 18.1. The van der Waals surface area contributed by atoms with E-state index in [9.17, 15) is 4.79 Å². The topological polar surface area (TPSA) is 41.5 Å². The molecule has 4 rings (SSSR count). The summed E-state index contributed by atoms with van der Waals surface area (Å²) >= 11 is 14.0. The Bertz CT molecular complexity index is 1070. The maximum Gasteiger partial charge on any atom is 0.251 e. The molecule has 0 atom stereocenters. The Balaban J connectivity index is 1.57. The molecule has 1 N–H and O–H groups in total. The zero-order valence-electron chi connectivity index (χ0n) is 14.1. The summed E-state index contributed by atoms with van der Waals surface area (Å²) in [5.41, 5.74) is 3.07. The first-order chi connectivity index (χ1) is 13.1. The number of rotatable bonds is 3. The summed E-state index contributed by atoms with van der Waals surface area (Å²) in [4.78, 5) is 19.1. The lowest BCUT2D eigenvalue weighted by Crippen LogP contribution is -2.22. The Labute approximate surface area is 171 Å². The van der Waals surface area contributed by atoms with Gasteiger partial charge in [0, 0.05) is 32.5 Å². The van der Waals surface area contributed by atoms with E-state index < -0.39 is 0 Å². The first-order valence-electron chi connectivity index (χ1n) is 8.28. The number of hydrogen-bond acceptors (Lipinski definition) is 3. The summed E-state index contributed by atoms with van der Waals surface area (Å²) in [7, 11) is 0. The van der Waals surface area contributed by atoms with Crippen molar-refractivity contribution < 1.29 is 4.79 Å². The summed E-state index contributed by atoms with van der Waals surface area (Å²) in [6.45, 7) is 0.403. The van der Waals surface area contributed by atoms with Crippen molar-refractivity contribution in [2.75, 3.05) is 0 Å². The fourth-order valence-corrected chi connectivity index (χ4v) is 4.30. The quantitative estimate of drug-likeness (QED) is 0.568. The van der Waals surface area contributed by atoms with Gasteiger partial charge < -0.3 is 5.32 Å². The fourth-order valence-electron chi connectivity index (χ4n) is 2.77. The van der Waals surface area contributed by atoms with Crippen molar-refractivity contribution in [1.29, 1.82) is 0 Å². The molecule has 6 heteroatoms. The molecule has 1 heterocycles. The molecule has 3 aromatic carbocycles. The Morgan fingerprint density at radius 1 is 0.963 bits per heavy atom. The minimum Gasteiger partial charge on any atom is -0.348 e. The number of hydrogen-bond donors (Lipinski definition) is 1. The monoisotopic (exact) mass is 412 g/mol. The van der Waals surface area contributed by atoms with Gasteiger partial charge in [0.25, 0.3) is 5.91 Å². The third-order valence-electron chi connectivity index (χ3n) is 4.11. The lowest BCUT2D eigenvalue weighted by atomic mass is 10.1. The van der Waals surface area contributed by atoms with Crippen molar-refractivity contribution >= 4 is 51.7 Å². The molecular formula is C21H14Cl2N2OS. The van der Waals surface area contributed by atoms with E-state index >= 15 is 0 Å². The molecule has 0 unspecified atom stereocenters. The molecule has 0 saturated carbocycles. The number of benzene rings is 3. The average Bonchev–Trinajstić information content (AvgIpc) is 2.81. The van der Waals surface area contributed by atoms with Gasteiger partial charge in [-0.05, 0) is 42.0 Å². The number of nitrogens with zero attached hydrogens (tertiary/aromatic N) is 1. The van der Waals surface area contributed by atoms with Crippen LogP contribution in [-0.4, -0.2) is 11.1 Å². The second-order valence-corrected chi connectivity index (χ2v) is 7.87. The van der Waals surface area contributed by atoms with Crippen LogP contribution in [-0.2, 0) is 6.54 Å². The van der Waals surface area contributed by atoms with Crippen LogP contribution in [0.25, 0.3) is 0 Å². The highest BCUT2D eigenvalue weighted by Gasteiger charge is 2.17. The molecule has 134 valence electrons. The maximum atomic E-state index is 12.5. The van der Waals surface area contributed by atoms with Crippen LogP contribution in [0, 0.1) is 0 Å². The van der Waals surface area contributed by atoms with Crippen molar-refractivity contribution in [3.63, 3.8) is 0 Å². The molecule has 3 nitrogen and oxygen atoms in total. The molecule has 1 amide bonds. The number of halogens is 2. The van der Waals surface area contributed by atoms with Crippen LogP contribution in [0.4, 0.5) is 5.69 Å². The number of nitrogens with one attached hydrogen (secondary N) is 1. The Kier molecular flexibility index (Phi) is 5.21. The van der Waals surface area contributed by atoms with Crippen LogP contribution in [0.2, 0.25) is 5.02 Å². The lowest BCUT2D eigenvalue weighted by molar-refractivity contribution is 0.0951. The molecule has 1 aliphatic heterocycles. The van der Waals surface area contributed by atoms with Gasteiger partial charge in [-0.15, -0.1) is 0 Å². The van der Waals surface area contributed by atoms with E-state index in [0.29, 0.717) is 28.0 Å². The van der Waals surface area contributed by atoms with E-state index in [-0.39, 0.29) is 5.91 Å². The van der Waals surface area contributed by atoms with Gasteiger partial charge in [0.05, 0.1) is 5.69 Å². The number of aliphatic imine (C=N–C) groups is 1. The zero-order chi connectivity index (χ0) is 18.8. The average molecular weight is 413 g/mol. The highest BCUT2D eigenvalue weighted by Crippen LogP contribution is 2.41. The normalized spacial score (nSPS) is 12.4. The van der Waals surface area contributed by atoms with Gasteiger partial charge >= 0.3 is 0 Å². The van der Waals surface area contributed by atoms with Gasteiger partial charge in [0.2, 0.25) is 0 Å². The number of carbonyl (C=O) groups is 1. The summed E-state index contributed by atoms with van der Waals surface area (Å²) in [5, 5.41) is 3.98. The van der Waals surface area contributed by atoms with Gasteiger partial charge in [-0.2, -0.15) is 0 Å². The molecule has 0 aromatic heterocycles. The summed E-state index contributed by atoms with van der Waals surface area (Å²) < 4.78 is 0. The minimum absolute atomic E-state index is 0.171. The SMILES string of the molecule is O=C(NCc1cccc(Cl)c1)c1ccc2c(c1)N=C(Cl)c1ccccc1S2. The van der Waals surface area contributed by atoms with Crippen LogP contribution in [0.15, 0.2) is 81.5 Å². The number of carbonyl (C=O) groups excluding carboxylic acids is 1. The zero-order valence-corrected chi connectivity index (χ0v) is 16.4. The number of fused-ring (bicyclic) bond motifs is 2. The van der Waals surface area contributed by atoms with E-state index in [4.69, 9.17) is 23.2 Å². The molecule has 0 aliphatic carbocycles. The molecular weight excluding hydrogens is 399 g/mol. The van der Waals surface area contributed by atoms with Crippen LogP contribution in [0.5, 0.6) is 0 Å². The molecule has 0 saturated heterocycles. The van der Waals surface area contributed by atoms with Gasteiger partial charge in [0.15, 0.2) is 0 Å².